The number of hydrogen-bond donors (Lipinski definition) is 1. The maximum Gasteiger partial charge on any atom is 0.133 e. The molecule has 5 rings (SSSR count). The van der Waals surface area contributed by atoms with Crippen molar-refractivity contribution in [2.75, 3.05) is 0 Å². The molecule has 1 N–H and O–H groups in total. The van der Waals surface area contributed by atoms with Gasteiger partial charge in [-0.25, -0.2) is 4.98 Å². The number of imidazole rings is 1. The van der Waals surface area contributed by atoms with E-state index in [1.165, 1.54) is 33.2 Å². The van der Waals surface area contributed by atoms with Gasteiger partial charge >= 0.3 is 0 Å². The number of carbonyl (C=O) groups is 1. The van der Waals surface area contributed by atoms with Crippen molar-refractivity contribution in [1.82, 2.24) is 14.5 Å². The Morgan fingerprint density at radius 3 is 2.63 bits per heavy atom. The number of aryl methyl sites for hydroxylation is 2. The fourth-order valence-electron chi connectivity index (χ4n) is 4.99. The largest absolute Gasteiger partial charge is 0.348 e. The number of benzene rings is 3. The Kier molecular flexibility index (Phi) is 6.89. The highest BCUT2D eigenvalue weighted by atomic mass is 16.1. The first-order valence-electron chi connectivity index (χ1n) is 12.3. The molecule has 0 saturated carbocycles. The lowest BCUT2D eigenvalue weighted by Crippen LogP contribution is -2.09. The summed E-state index contributed by atoms with van der Waals surface area (Å²) in [6, 6.07) is 27.7. The van der Waals surface area contributed by atoms with Crippen LogP contribution in [0.3, 0.4) is 0 Å². The Balaban J connectivity index is 1.46. The molecular formula is C31H31N3O. The van der Waals surface area contributed by atoms with E-state index in [1.807, 2.05) is 6.20 Å². The molecule has 0 saturated heterocycles. The van der Waals surface area contributed by atoms with Gasteiger partial charge in [0, 0.05) is 54.3 Å². The van der Waals surface area contributed by atoms with Crippen molar-refractivity contribution in [3.05, 3.63) is 126 Å². The van der Waals surface area contributed by atoms with Gasteiger partial charge < -0.3 is 9.55 Å². The predicted octanol–water partition coefficient (Wildman–Crippen LogP) is 6.84. The lowest BCUT2D eigenvalue weighted by atomic mass is 9.85. The van der Waals surface area contributed by atoms with Gasteiger partial charge in [0.1, 0.15) is 5.78 Å². The van der Waals surface area contributed by atoms with Crippen molar-refractivity contribution in [2.45, 2.75) is 45.1 Å². The standard InChI is InChI=1S/C31H31N3O/c1-23-9-7-12-25(17-23)29(18-27(35)14-8-13-26-19-32-22-33-26)30-21-34(20-24-10-3-2-4-11-24)31-16-6-5-15-28(30)31/h2-7,9-12,15-17,19,21-22,29H,8,13-14,18,20H2,1H3,(H,32,33). The molecule has 0 bridgehead atoms. The van der Waals surface area contributed by atoms with Crippen LogP contribution in [0.5, 0.6) is 0 Å². The minimum absolute atomic E-state index is 0.0245. The minimum Gasteiger partial charge on any atom is -0.348 e. The summed E-state index contributed by atoms with van der Waals surface area (Å²) >= 11 is 0. The van der Waals surface area contributed by atoms with Crippen LogP contribution in [0.2, 0.25) is 0 Å². The van der Waals surface area contributed by atoms with E-state index in [1.54, 1.807) is 6.33 Å². The smallest absolute Gasteiger partial charge is 0.133 e. The second-order valence-electron chi connectivity index (χ2n) is 9.36. The molecule has 176 valence electrons. The number of para-hydroxylation sites is 1. The molecule has 2 heterocycles. The molecule has 1 unspecified atom stereocenters. The Morgan fingerprint density at radius 2 is 1.83 bits per heavy atom. The zero-order valence-electron chi connectivity index (χ0n) is 20.2. The van der Waals surface area contributed by atoms with Crippen LogP contribution >= 0.6 is 0 Å². The van der Waals surface area contributed by atoms with Crippen molar-refractivity contribution in [2.24, 2.45) is 0 Å². The normalized spacial score (nSPS) is 12.1. The summed E-state index contributed by atoms with van der Waals surface area (Å²) in [6.45, 7) is 2.92. The number of rotatable bonds is 10. The predicted molar refractivity (Wildman–Crippen MR) is 142 cm³/mol. The fraction of sp³-hybridized carbons (Fsp3) is 0.226. The van der Waals surface area contributed by atoms with Gasteiger partial charge in [-0.1, -0.05) is 78.4 Å². The van der Waals surface area contributed by atoms with Crippen LogP contribution in [0.4, 0.5) is 0 Å². The molecule has 1 atom stereocenters. The first-order chi connectivity index (χ1) is 17.2. The SMILES string of the molecule is Cc1cccc(C(CC(=O)CCCc2cnc[nH]2)c2cn(Cc3ccccc3)c3ccccc23)c1. The van der Waals surface area contributed by atoms with Crippen molar-refractivity contribution in [1.29, 1.82) is 0 Å². The van der Waals surface area contributed by atoms with E-state index in [0.29, 0.717) is 18.6 Å². The summed E-state index contributed by atoms with van der Waals surface area (Å²) in [7, 11) is 0. The molecule has 2 aromatic heterocycles. The minimum atomic E-state index is 0.0245. The van der Waals surface area contributed by atoms with Crippen molar-refractivity contribution in [3.8, 4) is 0 Å². The van der Waals surface area contributed by atoms with E-state index < -0.39 is 0 Å². The molecule has 0 aliphatic heterocycles. The number of aromatic amines is 1. The number of aromatic nitrogens is 3. The third-order valence-corrected chi connectivity index (χ3v) is 6.72. The lowest BCUT2D eigenvalue weighted by molar-refractivity contribution is -0.119. The number of Topliss-reactive ketones (excluding diaryl/α,β-unsaturated/α-hetero) is 1. The summed E-state index contributed by atoms with van der Waals surface area (Å²) in [6.07, 6.45) is 8.55. The van der Waals surface area contributed by atoms with Gasteiger partial charge in [-0.3, -0.25) is 4.79 Å². The first-order valence-corrected chi connectivity index (χ1v) is 12.3. The third kappa shape index (κ3) is 5.43. The van der Waals surface area contributed by atoms with Gasteiger partial charge in [0.05, 0.1) is 6.33 Å². The van der Waals surface area contributed by atoms with Crippen molar-refractivity contribution < 1.29 is 4.79 Å². The number of nitrogens with one attached hydrogen (secondary N) is 1. The van der Waals surface area contributed by atoms with Crippen LogP contribution < -0.4 is 0 Å². The van der Waals surface area contributed by atoms with Crippen LogP contribution in [-0.2, 0) is 17.8 Å². The van der Waals surface area contributed by atoms with Gasteiger partial charge in [-0.15, -0.1) is 0 Å². The second-order valence-corrected chi connectivity index (χ2v) is 9.36. The van der Waals surface area contributed by atoms with Crippen molar-refractivity contribution >= 4 is 16.7 Å². The molecule has 4 heteroatoms. The van der Waals surface area contributed by atoms with Gasteiger partial charge in [0.2, 0.25) is 0 Å². The van der Waals surface area contributed by atoms with Gasteiger partial charge in [-0.05, 0) is 42.5 Å². The zero-order chi connectivity index (χ0) is 24.0. The average molecular weight is 462 g/mol. The number of fused-ring (bicyclic) bond motifs is 1. The number of nitrogens with zero attached hydrogens (tertiary/aromatic N) is 2. The Bertz CT molecular complexity index is 1400. The molecule has 0 aliphatic rings. The fourth-order valence-corrected chi connectivity index (χ4v) is 4.99. The van der Waals surface area contributed by atoms with Gasteiger partial charge in [-0.2, -0.15) is 0 Å². The first kappa shape index (κ1) is 22.9. The van der Waals surface area contributed by atoms with Crippen LogP contribution in [-0.4, -0.2) is 20.3 Å². The molecule has 35 heavy (non-hydrogen) atoms. The summed E-state index contributed by atoms with van der Waals surface area (Å²) in [5, 5.41) is 1.22. The summed E-state index contributed by atoms with van der Waals surface area (Å²) in [5.74, 6) is 0.326. The molecule has 4 nitrogen and oxygen atoms in total. The number of ketones is 1. The third-order valence-electron chi connectivity index (χ3n) is 6.72. The van der Waals surface area contributed by atoms with Crippen LogP contribution in [0, 0.1) is 6.92 Å². The maximum atomic E-state index is 13.2. The average Bonchev–Trinajstić information content (AvgIpc) is 3.52. The second kappa shape index (κ2) is 10.6. The molecular weight excluding hydrogens is 430 g/mol. The number of carbonyl (C=O) groups excluding carboxylic acids is 1. The van der Waals surface area contributed by atoms with E-state index in [4.69, 9.17) is 0 Å². The van der Waals surface area contributed by atoms with Crippen LogP contribution in [0.15, 0.2) is 97.6 Å². The molecule has 3 aromatic carbocycles. The lowest BCUT2D eigenvalue weighted by Gasteiger charge is -2.17. The molecule has 0 fully saturated rings. The van der Waals surface area contributed by atoms with Crippen LogP contribution in [0.1, 0.15) is 53.1 Å². The van der Waals surface area contributed by atoms with Gasteiger partial charge in [0.25, 0.3) is 0 Å². The molecule has 0 aliphatic carbocycles. The number of hydrogen-bond acceptors (Lipinski definition) is 2. The zero-order valence-corrected chi connectivity index (χ0v) is 20.2. The highest BCUT2D eigenvalue weighted by Gasteiger charge is 2.23. The highest BCUT2D eigenvalue weighted by Crippen LogP contribution is 2.36. The molecule has 0 amide bonds. The van der Waals surface area contributed by atoms with E-state index in [0.717, 1.165) is 25.1 Å². The van der Waals surface area contributed by atoms with Crippen molar-refractivity contribution in [3.63, 3.8) is 0 Å². The molecule has 5 aromatic rings. The van der Waals surface area contributed by atoms with Crippen LogP contribution in [0.25, 0.3) is 10.9 Å². The topological polar surface area (TPSA) is 50.7 Å². The Hall–Kier alpha value is -3.92. The van der Waals surface area contributed by atoms with E-state index in [-0.39, 0.29) is 5.92 Å². The summed E-state index contributed by atoms with van der Waals surface area (Å²) in [5.41, 5.74) is 7.19. The van der Waals surface area contributed by atoms with E-state index in [9.17, 15) is 4.79 Å². The quantitative estimate of drug-likeness (QED) is 0.248. The monoisotopic (exact) mass is 461 g/mol. The Morgan fingerprint density at radius 1 is 1.00 bits per heavy atom. The van der Waals surface area contributed by atoms with Gasteiger partial charge in [0.15, 0.2) is 0 Å². The summed E-state index contributed by atoms with van der Waals surface area (Å²) < 4.78 is 2.32. The summed E-state index contributed by atoms with van der Waals surface area (Å²) in [4.78, 5) is 20.4. The molecule has 0 radical (unpaired) electrons. The maximum absolute atomic E-state index is 13.2. The Labute approximate surface area is 206 Å². The highest BCUT2D eigenvalue weighted by molar-refractivity contribution is 5.87. The number of H-pyrrole nitrogens is 1. The van der Waals surface area contributed by atoms with E-state index >= 15 is 0 Å². The molecule has 0 spiro atoms. The van der Waals surface area contributed by atoms with E-state index in [2.05, 4.69) is 107 Å².